The summed E-state index contributed by atoms with van der Waals surface area (Å²) in [5.74, 6) is -0.861. The fourth-order valence-electron chi connectivity index (χ4n) is 8.03. The highest BCUT2D eigenvalue weighted by Crippen LogP contribution is 2.48. The zero-order valence-electron chi connectivity index (χ0n) is 24.0. The minimum atomic E-state index is -1.67. The average Bonchev–Trinajstić information content (AvgIpc) is 2.61. The minimum absolute atomic E-state index is 0.0373. The Bertz CT molecular complexity index is 672. The van der Waals surface area contributed by atoms with Crippen LogP contribution in [-0.2, 0) is 9.59 Å². The van der Waals surface area contributed by atoms with Gasteiger partial charge in [-0.2, -0.15) is 0 Å². The van der Waals surface area contributed by atoms with Gasteiger partial charge in [0.1, 0.15) is 0 Å². The summed E-state index contributed by atoms with van der Waals surface area (Å²) >= 11 is 0. The molecule has 0 bridgehead atoms. The minimum Gasteiger partial charge on any atom is -0.480 e. The molecule has 2 aliphatic heterocycles. The lowest BCUT2D eigenvalue weighted by Gasteiger charge is -2.54. The zero-order chi connectivity index (χ0) is 26.9. The summed E-state index contributed by atoms with van der Waals surface area (Å²) in [7, 11) is 0. The highest BCUT2D eigenvalue weighted by Gasteiger charge is 2.48. The van der Waals surface area contributed by atoms with E-state index < -0.39 is 17.4 Å². The number of rotatable bonds is 11. The molecule has 2 fully saturated rings. The van der Waals surface area contributed by atoms with E-state index in [0.29, 0.717) is 30.6 Å². The maximum absolute atomic E-state index is 12.2. The first-order chi connectivity index (χ1) is 15.8. The van der Waals surface area contributed by atoms with Gasteiger partial charge < -0.3 is 20.8 Å². The lowest BCUT2D eigenvalue weighted by molar-refractivity contribution is -0.166. The molecule has 0 spiro atoms. The molecule has 6 heteroatoms. The third kappa shape index (κ3) is 7.92. The van der Waals surface area contributed by atoms with Crippen LogP contribution in [0.3, 0.4) is 0 Å². The van der Waals surface area contributed by atoms with Crippen molar-refractivity contribution in [2.24, 2.45) is 23.2 Å². The second kappa shape index (κ2) is 10.7. The van der Waals surface area contributed by atoms with Gasteiger partial charge in [-0.1, -0.05) is 26.2 Å². The van der Waals surface area contributed by atoms with Gasteiger partial charge in [0.2, 0.25) is 0 Å². The predicted molar refractivity (Wildman–Crippen MR) is 143 cm³/mol. The third-order valence-corrected chi connectivity index (χ3v) is 8.57. The van der Waals surface area contributed by atoms with Crippen LogP contribution in [0, 0.1) is 23.2 Å². The molecule has 6 nitrogen and oxygen atoms in total. The molecule has 0 atom stereocenters. The molecular weight excluding hydrogens is 440 g/mol. The lowest BCUT2D eigenvalue weighted by Crippen LogP contribution is -2.61. The van der Waals surface area contributed by atoms with Crippen molar-refractivity contribution in [3.8, 4) is 0 Å². The van der Waals surface area contributed by atoms with Crippen LogP contribution in [0.25, 0.3) is 0 Å². The number of aliphatic carboxylic acids is 2. The highest BCUT2D eigenvalue weighted by molar-refractivity contribution is 5.98. The molecule has 0 aromatic carbocycles. The molecule has 0 aliphatic carbocycles. The Morgan fingerprint density at radius 1 is 0.743 bits per heavy atom. The van der Waals surface area contributed by atoms with Crippen LogP contribution in [0.1, 0.15) is 127 Å². The van der Waals surface area contributed by atoms with Crippen molar-refractivity contribution in [3.05, 3.63) is 0 Å². The summed E-state index contributed by atoms with van der Waals surface area (Å²) in [6, 6.07) is 0. The van der Waals surface area contributed by atoms with Crippen LogP contribution in [0.15, 0.2) is 0 Å². The van der Waals surface area contributed by atoms with Gasteiger partial charge in [-0.25, -0.2) is 0 Å². The quantitative estimate of drug-likeness (QED) is 0.254. The molecule has 2 rings (SSSR count). The summed E-state index contributed by atoms with van der Waals surface area (Å²) in [4.78, 5) is 24.4. The highest BCUT2D eigenvalue weighted by atomic mass is 16.4. The second-order valence-corrected chi connectivity index (χ2v) is 14.5. The topological polar surface area (TPSA) is 98.7 Å². The van der Waals surface area contributed by atoms with Gasteiger partial charge in [-0.15, -0.1) is 0 Å². The first kappa shape index (κ1) is 30.1. The van der Waals surface area contributed by atoms with Crippen molar-refractivity contribution in [1.82, 2.24) is 10.6 Å². The lowest BCUT2D eigenvalue weighted by atomic mass is 9.61. The van der Waals surface area contributed by atoms with Crippen LogP contribution in [0.4, 0.5) is 0 Å². The molecule has 0 radical (unpaired) electrons. The molecule has 35 heavy (non-hydrogen) atoms. The largest absolute Gasteiger partial charge is 0.480 e. The van der Waals surface area contributed by atoms with Crippen molar-refractivity contribution < 1.29 is 19.8 Å². The first-order valence-corrected chi connectivity index (χ1v) is 13.9. The monoisotopic (exact) mass is 494 g/mol. The van der Waals surface area contributed by atoms with Gasteiger partial charge in [0.05, 0.1) is 0 Å². The SMILES string of the molecule is CCCCC(CCCC(C1CC(C)(C)NC(C)(C)C1)C1CC(C)(C)NC(C)(C)C1)(C(=O)O)C(=O)O. The van der Waals surface area contributed by atoms with Crippen LogP contribution >= 0.6 is 0 Å². The first-order valence-electron chi connectivity index (χ1n) is 13.9. The number of carboxylic acid groups (broad SMARTS) is 2. The van der Waals surface area contributed by atoms with Gasteiger partial charge >= 0.3 is 11.9 Å². The number of unbranched alkanes of at least 4 members (excludes halogenated alkanes) is 1. The molecule has 2 saturated heterocycles. The molecule has 0 aromatic rings. The maximum atomic E-state index is 12.2. The van der Waals surface area contributed by atoms with E-state index in [4.69, 9.17) is 0 Å². The molecule has 0 saturated carbocycles. The number of carboxylic acids is 2. The molecular formula is C29H54N2O4. The Labute approximate surface area is 214 Å². The Balaban J connectivity index is 2.34. The van der Waals surface area contributed by atoms with Gasteiger partial charge in [0.25, 0.3) is 0 Å². The predicted octanol–water partition coefficient (Wildman–Crippen LogP) is 6.23. The van der Waals surface area contributed by atoms with Crippen molar-refractivity contribution in [2.45, 2.75) is 149 Å². The van der Waals surface area contributed by atoms with E-state index in [1.807, 2.05) is 6.92 Å². The Morgan fingerprint density at radius 2 is 1.09 bits per heavy atom. The summed E-state index contributed by atoms with van der Waals surface area (Å²) in [6.07, 6.45) is 7.72. The van der Waals surface area contributed by atoms with Crippen molar-refractivity contribution in [2.75, 3.05) is 0 Å². The molecule has 204 valence electrons. The molecule has 2 heterocycles. The molecule has 0 amide bonds. The fraction of sp³-hybridized carbons (Fsp3) is 0.931. The van der Waals surface area contributed by atoms with Crippen LogP contribution in [-0.4, -0.2) is 44.3 Å². The van der Waals surface area contributed by atoms with Crippen LogP contribution in [0.5, 0.6) is 0 Å². The smallest absolute Gasteiger partial charge is 0.321 e. The standard InChI is InChI=1S/C29H54N2O4/c1-10-11-14-29(23(32)33,24(34)35)15-12-13-22(20-16-25(2,3)30-26(4,5)17-20)21-18-27(6,7)31-28(8,9)19-21/h20-22,30-31H,10-19H2,1-9H3,(H,32,33)(H,34,35). The Hall–Kier alpha value is -1.14. The molecule has 2 aliphatic rings. The normalized spacial score (nSPS) is 24.4. The number of carbonyl (C=O) groups is 2. The molecule has 4 N–H and O–H groups in total. The summed E-state index contributed by atoms with van der Waals surface area (Å²) in [5, 5.41) is 27.6. The van der Waals surface area contributed by atoms with Gasteiger partial charge in [-0.3, -0.25) is 9.59 Å². The second-order valence-electron chi connectivity index (χ2n) is 14.5. The number of piperidine rings is 2. The summed E-state index contributed by atoms with van der Waals surface area (Å²) < 4.78 is 0. The van der Waals surface area contributed by atoms with E-state index in [-0.39, 0.29) is 35.0 Å². The van der Waals surface area contributed by atoms with Gasteiger partial charge in [0, 0.05) is 22.2 Å². The number of hydrogen-bond acceptors (Lipinski definition) is 4. The average molecular weight is 495 g/mol. The van der Waals surface area contributed by atoms with Gasteiger partial charge in [-0.05, 0) is 118 Å². The number of hydrogen-bond donors (Lipinski definition) is 4. The van der Waals surface area contributed by atoms with Crippen molar-refractivity contribution in [3.63, 3.8) is 0 Å². The van der Waals surface area contributed by atoms with Gasteiger partial charge in [0.15, 0.2) is 5.41 Å². The molecule has 0 aromatic heterocycles. The van der Waals surface area contributed by atoms with E-state index in [0.717, 1.165) is 38.5 Å². The van der Waals surface area contributed by atoms with Crippen molar-refractivity contribution >= 4 is 11.9 Å². The van der Waals surface area contributed by atoms with Crippen LogP contribution in [0.2, 0.25) is 0 Å². The third-order valence-electron chi connectivity index (χ3n) is 8.57. The van der Waals surface area contributed by atoms with E-state index in [9.17, 15) is 19.8 Å². The number of nitrogens with one attached hydrogen (secondary N) is 2. The van der Waals surface area contributed by atoms with Crippen molar-refractivity contribution in [1.29, 1.82) is 0 Å². The fourth-order valence-corrected chi connectivity index (χ4v) is 8.03. The van der Waals surface area contributed by atoms with E-state index in [1.54, 1.807) is 0 Å². The van der Waals surface area contributed by atoms with Crippen LogP contribution < -0.4 is 10.6 Å². The summed E-state index contributed by atoms with van der Waals surface area (Å²) in [6.45, 7) is 20.3. The Kier molecular flexibility index (Phi) is 9.19. The zero-order valence-corrected chi connectivity index (χ0v) is 24.0. The van der Waals surface area contributed by atoms with E-state index in [2.05, 4.69) is 66.0 Å². The molecule has 0 unspecified atom stereocenters. The maximum Gasteiger partial charge on any atom is 0.321 e. The Morgan fingerprint density at radius 3 is 1.40 bits per heavy atom. The van der Waals surface area contributed by atoms with E-state index >= 15 is 0 Å². The summed E-state index contributed by atoms with van der Waals surface area (Å²) in [5.41, 5.74) is -1.52. The van der Waals surface area contributed by atoms with E-state index in [1.165, 1.54) is 0 Å².